The quantitative estimate of drug-likeness (QED) is 0.699. The molecule has 74 valence electrons. The van der Waals surface area contributed by atoms with Crippen molar-refractivity contribution in [2.24, 2.45) is 0 Å². The van der Waals surface area contributed by atoms with Crippen molar-refractivity contribution in [1.82, 2.24) is 6.15 Å². The third-order valence-corrected chi connectivity index (χ3v) is 2.22. The van der Waals surface area contributed by atoms with Crippen molar-refractivity contribution in [3.63, 3.8) is 0 Å². The zero-order valence-electron chi connectivity index (χ0n) is 7.74. The van der Waals surface area contributed by atoms with E-state index in [1.807, 2.05) is 24.3 Å². The molecule has 0 saturated heterocycles. The number of methoxy groups -OCH3 is 2. The Kier molecular flexibility index (Phi) is 3.88. The first-order valence-electron chi connectivity index (χ1n) is 3.55. The van der Waals surface area contributed by atoms with Crippen LogP contribution in [0.4, 0.5) is 0 Å². The molecule has 0 amide bonds. The van der Waals surface area contributed by atoms with Gasteiger partial charge in [0.1, 0.15) is 0 Å². The Hall–Kier alpha value is -0.610. The van der Waals surface area contributed by atoms with Crippen molar-refractivity contribution in [3.8, 4) is 0 Å². The summed E-state index contributed by atoms with van der Waals surface area (Å²) in [7, 11) is 3.31. The molecule has 3 nitrogen and oxygen atoms in total. The van der Waals surface area contributed by atoms with Crippen LogP contribution in [0.1, 0.15) is 0 Å². The van der Waals surface area contributed by atoms with Gasteiger partial charge in [0.2, 0.25) is 5.79 Å². The Morgan fingerprint density at radius 2 is 1.38 bits per heavy atom. The second kappa shape index (κ2) is 4.07. The monoisotopic (exact) mass is 203 g/mol. The molecule has 0 aromatic heterocycles. The molecule has 0 heterocycles. The van der Waals surface area contributed by atoms with E-state index in [-0.39, 0.29) is 18.6 Å². The van der Waals surface area contributed by atoms with Crippen molar-refractivity contribution in [2.45, 2.75) is 5.79 Å². The molecule has 3 N–H and O–H groups in total. The van der Waals surface area contributed by atoms with Gasteiger partial charge in [-0.05, 0) is 0 Å². The normalized spacial score (nSPS) is 20.2. The first-order chi connectivity index (χ1) is 5.33. The maximum atomic E-state index is 5.31. The van der Waals surface area contributed by atoms with Gasteiger partial charge in [-0.3, -0.25) is 0 Å². The van der Waals surface area contributed by atoms with Crippen molar-refractivity contribution < 1.29 is 9.47 Å². The molecule has 2 bridgehead atoms. The lowest BCUT2D eigenvalue weighted by atomic mass is 10.1. The van der Waals surface area contributed by atoms with Crippen LogP contribution in [0, 0.1) is 0 Å². The first-order valence-corrected chi connectivity index (χ1v) is 3.55. The highest BCUT2D eigenvalue weighted by atomic mass is 35.5. The molecule has 13 heavy (non-hydrogen) atoms. The molecular weight excluding hydrogens is 190 g/mol. The van der Waals surface area contributed by atoms with Gasteiger partial charge in [0.25, 0.3) is 0 Å². The Morgan fingerprint density at radius 3 is 1.54 bits per heavy atom. The van der Waals surface area contributed by atoms with Crippen LogP contribution < -0.4 is 6.15 Å². The minimum Gasteiger partial charge on any atom is -0.346 e. The summed E-state index contributed by atoms with van der Waals surface area (Å²) in [5, 5.41) is 0. The number of allylic oxidation sites excluding steroid dienone is 2. The van der Waals surface area contributed by atoms with Gasteiger partial charge in [0.05, 0.1) is 0 Å². The average molecular weight is 204 g/mol. The minimum absolute atomic E-state index is 0. The zero-order valence-corrected chi connectivity index (χ0v) is 8.56. The maximum Gasteiger partial charge on any atom is 0.221 e. The summed E-state index contributed by atoms with van der Waals surface area (Å²) in [6, 6.07) is 0. The van der Waals surface area contributed by atoms with E-state index in [0.29, 0.717) is 0 Å². The fraction of sp³-hybridized carbons (Fsp3) is 0.333. The summed E-state index contributed by atoms with van der Waals surface area (Å²) in [5.74, 6) is -0.583. The Bertz CT molecular complexity index is 253. The number of hydrogen-bond acceptors (Lipinski definition) is 3. The fourth-order valence-electron chi connectivity index (χ4n) is 1.63. The molecule has 0 unspecified atom stereocenters. The Labute approximate surface area is 84.1 Å². The van der Waals surface area contributed by atoms with Crippen LogP contribution in [0.5, 0.6) is 0 Å². The van der Waals surface area contributed by atoms with Gasteiger partial charge < -0.3 is 15.6 Å². The average Bonchev–Trinajstić information content (AvgIpc) is 2.59. The van der Waals surface area contributed by atoms with Crippen molar-refractivity contribution in [2.75, 3.05) is 14.2 Å². The predicted molar refractivity (Wildman–Crippen MR) is 54.3 cm³/mol. The number of halogens is 1. The summed E-state index contributed by atoms with van der Waals surface area (Å²) in [6.45, 7) is 0. The highest BCUT2D eigenvalue weighted by Crippen LogP contribution is 2.41. The van der Waals surface area contributed by atoms with Crippen LogP contribution in [-0.2, 0) is 9.47 Å². The lowest BCUT2D eigenvalue weighted by Crippen LogP contribution is -2.32. The SMILES string of the molecule is COC1(OC)C2=CC=C1C=C2.Cl.N. The third-order valence-electron chi connectivity index (χ3n) is 2.22. The van der Waals surface area contributed by atoms with E-state index < -0.39 is 5.79 Å². The van der Waals surface area contributed by atoms with Gasteiger partial charge in [0.15, 0.2) is 0 Å². The van der Waals surface area contributed by atoms with Gasteiger partial charge in [0, 0.05) is 25.4 Å². The van der Waals surface area contributed by atoms with Crippen LogP contribution in [-0.4, -0.2) is 20.0 Å². The van der Waals surface area contributed by atoms with Gasteiger partial charge >= 0.3 is 0 Å². The van der Waals surface area contributed by atoms with Crippen molar-refractivity contribution >= 4 is 12.4 Å². The topological polar surface area (TPSA) is 53.5 Å². The van der Waals surface area contributed by atoms with Crippen LogP contribution in [0.25, 0.3) is 0 Å². The molecule has 0 fully saturated rings. The van der Waals surface area contributed by atoms with E-state index in [0.717, 1.165) is 11.1 Å². The predicted octanol–water partition coefficient (Wildman–Crippen LogP) is 2.00. The molecule has 0 aromatic rings. The molecule has 2 rings (SSSR count). The van der Waals surface area contributed by atoms with Crippen molar-refractivity contribution in [3.05, 3.63) is 35.5 Å². The maximum absolute atomic E-state index is 5.31. The highest BCUT2D eigenvalue weighted by Gasteiger charge is 2.42. The molecule has 2 aliphatic rings. The van der Waals surface area contributed by atoms with Crippen molar-refractivity contribution in [1.29, 1.82) is 0 Å². The lowest BCUT2D eigenvalue weighted by Gasteiger charge is -2.26. The highest BCUT2D eigenvalue weighted by molar-refractivity contribution is 5.85. The Balaban J connectivity index is 0.000000720. The Morgan fingerprint density at radius 1 is 1.00 bits per heavy atom. The smallest absolute Gasteiger partial charge is 0.221 e. The lowest BCUT2D eigenvalue weighted by molar-refractivity contribution is -0.141. The molecule has 0 aromatic carbocycles. The standard InChI is InChI=1S/C9H10O2.ClH.H3N/c1-10-9(11-2)7-3-4-8(9)6-5-7;;/h3-6H,1-2H3;1H;1H3. The number of ether oxygens (including phenoxy) is 2. The van der Waals surface area contributed by atoms with E-state index in [4.69, 9.17) is 9.47 Å². The minimum atomic E-state index is -0.583. The molecule has 0 spiro atoms. The summed E-state index contributed by atoms with van der Waals surface area (Å²) >= 11 is 0. The van der Waals surface area contributed by atoms with Crippen LogP contribution in [0.2, 0.25) is 0 Å². The van der Waals surface area contributed by atoms with Crippen LogP contribution >= 0.6 is 12.4 Å². The number of rotatable bonds is 2. The molecule has 2 aliphatic carbocycles. The number of fused-ring (bicyclic) bond motifs is 2. The molecule has 0 atom stereocenters. The molecule has 0 aliphatic heterocycles. The summed E-state index contributed by atoms with van der Waals surface area (Å²) in [5.41, 5.74) is 2.16. The summed E-state index contributed by atoms with van der Waals surface area (Å²) < 4.78 is 10.6. The summed E-state index contributed by atoms with van der Waals surface area (Å²) in [6.07, 6.45) is 8.06. The molecular formula is C9H14ClNO2. The van der Waals surface area contributed by atoms with E-state index in [9.17, 15) is 0 Å². The van der Waals surface area contributed by atoms with Gasteiger partial charge in [-0.2, -0.15) is 0 Å². The van der Waals surface area contributed by atoms with Gasteiger partial charge in [-0.25, -0.2) is 0 Å². The second-order valence-electron chi connectivity index (χ2n) is 2.60. The first kappa shape index (κ1) is 12.4. The van der Waals surface area contributed by atoms with E-state index >= 15 is 0 Å². The van der Waals surface area contributed by atoms with Gasteiger partial charge in [-0.1, -0.05) is 24.3 Å². The summed E-state index contributed by atoms with van der Waals surface area (Å²) in [4.78, 5) is 0. The second-order valence-corrected chi connectivity index (χ2v) is 2.60. The van der Waals surface area contributed by atoms with E-state index in [1.54, 1.807) is 14.2 Å². The van der Waals surface area contributed by atoms with E-state index in [2.05, 4.69) is 0 Å². The zero-order chi connectivity index (χ0) is 7.90. The van der Waals surface area contributed by atoms with Crippen LogP contribution in [0.3, 0.4) is 0 Å². The fourth-order valence-corrected chi connectivity index (χ4v) is 1.63. The molecule has 0 radical (unpaired) electrons. The largest absolute Gasteiger partial charge is 0.346 e. The van der Waals surface area contributed by atoms with E-state index in [1.165, 1.54) is 0 Å². The molecule has 4 heteroatoms. The third kappa shape index (κ3) is 1.34. The van der Waals surface area contributed by atoms with Crippen LogP contribution in [0.15, 0.2) is 35.5 Å². The molecule has 0 saturated carbocycles. The van der Waals surface area contributed by atoms with Gasteiger partial charge in [-0.15, -0.1) is 12.4 Å². The number of hydrogen-bond donors (Lipinski definition) is 1.